The Hall–Kier alpha value is -2.04. The van der Waals surface area contributed by atoms with Crippen LogP contribution in [0.2, 0.25) is 0 Å². The molecule has 0 amide bonds. The Morgan fingerprint density at radius 1 is 1.22 bits per heavy atom. The molecule has 0 saturated heterocycles. The van der Waals surface area contributed by atoms with E-state index in [-0.39, 0.29) is 19.0 Å². The van der Waals surface area contributed by atoms with E-state index in [2.05, 4.69) is 4.74 Å². The number of carbonyl (C=O) groups excluding carboxylic acids is 2. The average Bonchev–Trinajstić information content (AvgIpc) is 2.36. The Kier molecular flexibility index (Phi) is 5.17. The first kappa shape index (κ1) is 14.0. The van der Waals surface area contributed by atoms with Gasteiger partial charge in [0.1, 0.15) is 5.75 Å². The molecule has 0 heterocycles. The van der Waals surface area contributed by atoms with Crippen LogP contribution in [0, 0.1) is 0 Å². The summed E-state index contributed by atoms with van der Waals surface area (Å²) in [5, 5.41) is 9.13. The smallest absolute Gasteiger partial charge is 0.344 e. The summed E-state index contributed by atoms with van der Waals surface area (Å²) in [4.78, 5) is 22.7. The van der Waals surface area contributed by atoms with Gasteiger partial charge < -0.3 is 14.6 Å². The number of phenols is 1. The van der Waals surface area contributed by atoms with Crippen molar-refractivity contribution in [3.63, 3.8) is 0 Å². The van der Waals surface area contributed by atoms with E-state index in [9.17, 15) is 9.59 Å². The Labute approximate surface area is 105 Å². The number of esters is 2. The molecule has 0 radical (unpaired) electrons. The van der Waals surface area contributed by atoms with Crippen molar-refractivity contribution in [2.45, 2.75) is 19.8 Å². The largest absolute Gasteiger partial charge is 0.508 e. The summed E-state index contributed by atoms with van der Waals surface area (Å²) in [5.41, 5.74) is 0.710. The highest BCUT2D eigenvalue weighted by Crippen LogP contribution is 2.19. The van der Waals surface area contributed by atoms with Gasteiger partial charge in [0.05, 0.1) is 12.5 Å². The van der Waals surface area contributed by atoms with Crippen molar-refractivity contribution < 1.29 is 24.2 Å². The van der Waals surface area contributed by atoms with Gasteiger partial charge >= 0.3 is 11.9 Å². The highest BCUT2D eigenvalue weighted by atomic mass is 16.6. The van der Waals surface area contributed by atoms with E-state index in [1.807, 2.05) is 0 Å². The molecule has 1 unspecified atom stereocenters. The summed E-state index contributed by atoms with van der Waals surface area (Å²) in [6.45, 7) is 3.22. The van der Waals surface area contributed by atoms with Gasteiger partial charge in [0.25, 0.3) is 0 Å². The van der Waals surface area contributed by atoms with Crippen molar-refractivity contribution in [2.75, 3.05) is 13.2 Å². The molecular formula is C13H16O5. The van der Waals surface area contributed by atoms with Crippen LogP contribution in [0.3, 0.4) is 0 Å². The van der Waals surface area contributed by atoms with Crippen molar-refractivity contribution >= 4 is 11.9 Å². The van der Waals surface area contributed by atoms with E-state index in [4.69, 9.17) is 9.84 Å². The highest BCUT2D eigenvalue weighted by molar-refractivity contribution is 5.81. The molecule has 1 atom stereocenters. The fourth-order valence-electron chi connectivity index (χ4n) is 1.36. The number of aromatic hydroxyl groups is 1. The van der Waals surface area contributed by atoms with Crippen LogP contribution in [0.15, 0.2) is 24.3 Å². The number of carbonyl (C=O) groups is 2. The first-order valence-corrected chi connectivity index (χ1v) is 5.65. The highest BCUT2D eigenvalue weighted by Gasteiger charge is 2.18. The Bertz CT molecular complexity index is 410. The lowest BCUT2D eigenvalue weighted by molar-refractivity contribution is -0.159. The van der Waals surface area contributed by atoms with Crippen molar-refractivity contribution in [2.24, 2.45) is 0 Å². The lowest BCUT2D eigenvalue weighted by Gasteiger charge is -2.11. The van der Waals surface area contributed by atoms with Crippen LogP contribution < -0.4 is 0 Å². The summed E-state index contributed by atoms with van der Waals surface area (Å²) < 4.78 is 9.47. The molecule has 1 N–H and O–H groups in total. The van der Waals surface area contributed by atoms with Crippen molar-refractivity contribution in [3.05, 3.63) is 29.8 Å². The number of phenolic OH excluding ortho intramolecular Hbond substituents is 1. The van der Waals surface area contributed by atoms with E-state index in [0.29, 0.717) is 5.56 Å². The lowest BCUT2D eigenvalue weighted by Crippen LogP contribution is -2.19. The molecule has 98 valence electrons. The van der Waals surface area contributed by atoms with Crippen molar-refractivity contribution in [1.82, 2.24) is 0 Å². The Balaban J connectivity index is 2.51. The predicted octanol–water partition coefficient (Wildman–Crippen LogP) is 1.60. The topological polar surface area (TPSA) is 72.8 Å². The number of hydrogen-bond acceptors (Lipinski definition) is 5. The molecule has 0 aliphatic heterocycles. The molecule has 0 aliphatic rings. The molecule has 5 nitrogen and oxygen atoms in total. The quantitative estimate of drug-likeness (QED) is 0.806. The van der Waals surface area contributed by atoms with Gasteiger partial charge in [-0.1, -0.05) is 12.1 Å². The third-order valence-corrected chi connectivity index (χ3v) is 2.38. The minimum absolute atomic E-state index is 0.130. The second-order valence-corrected chi connectivity index (χ2v) is 3.73. The minimum Gasteiger partial charge on any atom is -0.508 e. The molecule has 18 heavy (non-hydrogen) atoms. The molecule has 1 rings (SSSR count). The molecular weight excluding hydrogens is 236 g/mol. The van der Waals surface area contributed by atoms with Gasteiger partial charge in [0.2, 0.25) is 0 Å². The maximum Gasteiger partial charge on any atom is 0.344 e. The number of ether oxygens (including phenoxy) is 2. The van der Waals surface area contributed by atoms with Gasteiger partial charge in [-0.2, -0.15) is 0 Å². The number of benzene rings is 1. The summed E-state index contributed by atoms with van der Waals surface area (Å²) in [5.74, 6) is -1.44. The van der Waals surface area contributed by atoms with Crippen LogP contribution in [0.5, 0.6) is 5.75 Å². The van der Waals surface area contributed by atoms with E-state index >= 15 is 0 Å². The van der Waals surface area contributed by atoms with Crippen LogP contribution >= 0.6 is 0 Å². The molecule has 0 aliphatic carbocycles. The van der Waals surface area contributed by atoms with Crippen LogP contribution in [0.25, 0.3) is 0 Å². The van der Waals surface area contributed by atoms with E-state index in [1.54, 1.807) is 26.0 Å². The lowest BCUT2D eigenvalue weighted by atomic mass is 10.0. The zero-order valence-corrected chi connectivity index (χ0v) is 10.4. The maximum absolute atomic E-state index is 11.6. The second-order valence-electron chi connectivity index (χ2n) is 3.73. The van der Waals surface area contributed by atoms with Gasteiger partial charge in [-0.15, -0.1) is 0 Å². The first-order chi connectivity index (χ1) is 8.54. The zero-order chi connectivity index (χ0) is 13.5. The van der Waals surface area contributed by atoms with Gasteiger partial charge in [-0.3, -0.25) is 4.79 Å². The van der Waals surface area contributed by atoms with Gasteiger partial charge in [0, 0.05) is 0 Å². The molecule has 1 aromatic carbocycles. The molecule has 1 aromatic rings. The molecule has 0 saturated carbocycles. The zero-order valence-electron chi connectivity index (χ0n) is 10.4. The third kappa shape index (κ3) is 4.08. The summed E-state index contributed by atoms with van der Waals surface area (Å²) in [6.07, 6.45) is 0. The van der Waals surface area contributed by atoms with Crippen LogP contribution in [-0.2, 0) is 19.1 Å². The number of rotatable bonds is 5. The second kappa shape index (κ2) is 6.64. The summed E-state index contributed by atoms with van der Waals surface area (Å²) in [6, 6.07) is 6.24. The molecule has 0 bridgehead atoms. The first-order valence-electron chi connectivity index (χ1n) is 5.65. The molecule has 0 spiro atoms. The third-order valence-electron chi connectivity index (χ3n) is 2.38. The van der Waals surface area contributed by atoms with E-state index in [1.165, 1.54) is 12.1 Å². The predicted molar refractivity (Wildman–Crippen MR) is 64.1 cm³/mol. The van der Waals surface area contributed by atoms with E-state index in [0.717, 1.165) is 0 Å². The van der Waals surface area contributed by atoms with Gasteiger partial charge in [-0.05, 0) is 31.5 Å². The fraction of sp³-hybridized carbons (Fsp3) is 0.385. The van der Waals surface area contributed by atoms with Crippen LogP contribution in [0.4, 0.5) is 0 Å². The summed E-state index contributed by atoms with van der Waals surface area (Å²) in [7, 11) is 0. The van der Waals surface area contributed by atoms with Gasteiger partial charge in [-0.25, -0.2) is 4.79 Å². The van der Waals surface area contributed by atoms with Crippen LogP contribution in [0.1, 0.15) is 25.3 Å². The minimum atomic E-state index is -0.566. The van der Waals surface area contributed by atoms with Crippen molar-refractivity contribution in [3.8, 4) is 5.75 Å². The van der Waals surface area contributed by atoms with Gasteiger partial charge in [0.15, 0.2) is 6.61 Å². The van der Waals surface area contributed by atoms with Crippen LogP contribution in [-0.4, -0.2) is 30.3 Å². The molecule has 0 aromatic heterocycles. The van der Waals surface area contributed by atoms with E-state index < -0.39 is 17.9 Å². The fourth-order valence-corrected chi connectivity index (χ4v) is 1.36. The maximum atomic E-state index is 11.6. The van der Waals surface area contributed by atoms with Crippen molar-refractivity contribution in [1.29, 1.82) is 0 Å². The molecule has 5 heteroatoms. The number of hydrogen-bond donors (Lipinski definition) is 1. The monoisotopic (exact) mass is 252 g/mol. The Morgan fingerprint density at radius 3 is 2.39 bits per heavy atom. The Morgan fingerprint density at radius 2 is 1.83 bits per heavy atom. The average molecular weight is 252 g/mol. The molecule has 0 fully saturated rings. The summed E-state index contributed by atoms with van der Waals surface area (Å²) >= 11 is 0. The SMILES string of the molecule is CCOC(=O)COC(=O)C(C)c1ccc(O)cc1. The normalized spacial score (nSPS) is 11.7. The standard InChI is InChI=1S/C13H16O5/c1-3-17-12(15)8-18-13(16)9(2)10-4-6-11(14)7-5-10/h4-7,9,14H,3,8H2,1-2H3.